The first kappa shape index (κ1) is 23.8. The van der Waals surface area contributed by atoms with Crippen LogP contribution in [0.4, 0.5) is 4.79 Å². The van der Waals surface area contributed by atoms with Gasteiger partial charge in [0.25, 0.3) is 0 Å². The van der Waals surface area contributed by atoms with Crippen LogP contribution in [-0.4, -0.2) is 60.9 Å². The van der Waals surface area contributed by atoms with Crippen LogP contribution < -0.4 is 10.1 Å². The summed E-state index contributed by atoms with van der Waals surface area (Å²) < 4.78 is 14.8. The van der Waals surface area contributed by atoms with Crippen molar-refractivity contribution in [1.29, 1.82) is 0 Å². The Kier molecular flexibility index (Phi) is 11.4. The van der Waals surface area contributed by atoms with Gasteiger partial charge in [0, 0.05) is 18.0 Å². The number of ether oxygens (including phenoxy) is 3. The van der Waals surface area contributed by atoms with E-state index in [1.807, 2.05) is 0 Å². The molecule has 1 amide bonds. The molecule has 0 spiro atoms. The Bertz CT molecular complexity index is 619. The first-order valence-electron chi connectivity index (χ1n) is 8.58. The second-order valence-corrected chi connectivity index (χ2v) is 6.39. The standard InChI is InChI=1S/C18H22ClNO6.Na.H/c19-14-7-9-15(10-8-14)26-16(21)6-3-11-20-18(23)25-12-24-17(22)13-4-1-2-5-13;;/h7-10,13H,1-6,11-12H2,(H,20,23);;. The molecule has 1 aliphatic rings. The minimum absolute atomic E-state index is 0. The molecule has 1 N–H and O–H groups in total. The van der Waals surface area contributed by atoms with Gasteiger partial charge in [-0.25, -0.2) is 4.79 Å². The van der Waals surface area contributed by atoms with Crippen molar-refractivity contribution in [3.63, 3.8) is 0 Å². The summed E-state index contributed by atoms with van der Waals surface area (Å²) in [7, 11) is 0. The second-order valence-electron chi connectivity index (χ2n) is 5.95. The SMILES string of the molecule is O=C(CCCNC(=O)OCOC(=O)C1CCCC1)Oc1ccc(Cl)cc1.[NaH]. The van der Waals surface area contributed by atoms with Crippen LogP contribution in [-0.2, 0) is 19.1 Å². The zero-order valence-corrected chi connectivity index (χ0v) is 15.1. The van der Waals surface area contributed by atoms with Gasteiger partial charge in [0.1, 0.15) is 5.75 Å². The van der Waals surface area contributed by atoms with Gasteiger partial charge in [-0.05, 0) is 43.5 Å². The molecule has 0 bridgehead atoms. The van der Waals surface area contributed by atoms with E-state index in [9.17, 15) is 14.4 Å². The molecule has 1 aromatic carbocycles. The molecule has 1 fully saturated rings. The maximum absolute atomic E-state index is 11.7. The van der Waals surface area contributed by atoms with Crippen LogP contribution >= 0.6 is 11.6 Å². The molecule has 0 saturated heterocycles. The zero-order valence-electron chi connectivity index (χ0n) is 14.4. The summed E-state index contributed by atoms with van der Waals surface area (Å²) >= 11 is 5.75. The van der Waals surface area contributed by atoms with Crippen molar-refractivity contribution < 1.29 is 28.6 Å². The molecule has 1 aromatic rings. The predicted molar refractivity (Wildman–Crippen MR) is 101 cm³/mol. The van der Waals surface area contributed by atoms with E-state index in [2.05, 4.69) is 5.32 Å². The topological polar surface area (TPSA) is 90.9 Å². The molecule has 0 radical (unpaired) electrons. The van der Waals surface area contributed by atoms with Crippen LogP contribution in [0.5, 0.6) is 5.75 Å². The van der Waals surface area contributed by atoms with Gasteiger partial charge in [-0.2, -0.15) is 0 Å². The van der Waals surface area contributed by atoms with E-state index in [0.717, 1.165) is 25.7 Å². The molecule has 0 heterocycles. The summed E-state index contributed by atoms with van der Waals surface area (Å²) in [6.07, 6.45) is 3.55. The van der Waals surface area contributed by atoms with Crippen molar-refractivity contribution in [3.05, 3.63) is 29.3 Å². The number of alkyl carbamates (subject to hydrolysis) is 1. The monoisotopic (exact) mass is 407 g/mol. The molecule has 0 unspecified atom stereocenters. The third-order valence-corrected chi connectivity index (χ3v) is 4.20. The molecule has 2 rings (SSSR count). The zero-order chi connectivity index (χ0) is 18.8. The van der Waals surface area contributed by atoms with Crippen LogP contribution in [0.25, 0.3) is 0 Å². The van der Waals surface area contributed by atoms with Crippen molar-refractivity contribution in [1.82, 2.24) is 5.32 Å². The number of benzene rings is 1. The normalized spacial score (nSPS) is 13.4. The first-order chi connectivity index (χ1) is 12.5. The molecule has 1 aliphatic carbocycles. The number of nitrogens with one attached hydrogen (secondary N) is 1. The van der Waals surface area contributed by atoms with Gasteiger partial charge in [-0.3, -0.25) is 9.59 Å². The number of halogens is 1. The summed E-state index contributed by atoms with van der Waals surface area (Å²) in [5.74, 6) is -0.391. The molecular weight excluding hydrogens is 385 g/mol. The Morgan fingerprint density at radius 3 is 2.41 bits per heavy atom. The average molecular weight is 408 g/mol. The summed E-state index contributed by atoms with van der Waals surface area (Å²) in [5.41, 5.74) is 0. The number of carbonyl (C=O) groups is 3. The third-order valence-electron chi connectivity index (χ3n) is 3.95. The average Bonchev–Trinajstić information content (AvgIpc) is 3.15. The number of esters is 2. The van der Waals surface area contributed by atoms with Crippen molar-refractivity contribution in [2.45, 2.75) is 38.5 Å². The van der Waals surface area contributed by atoms with Crippen LogP contribution in [0.15, 0.2) is 24.3 Å². The van der Waals surface area contributed by atoms with E-state index in [4.69, 9.17) is 25.8 Å². The van der Waals surface area contributed by atoms with Crippen molar-refractivity contribution in [3.8, 4) is 5.75 Å². The number of rotatable bonds is 8. The number of hydrogen-bond acceptors (Lipinski definition) is 6. The molecule has 144 valence electrons. The second kappa shape index (κ2) is 13.0. The van der Waals surface area contributed by atoms with Gasteiger partial charge < -0.3 is 19.5 Å². The fourth-order valence-corrected chi connectivity index (χ4v) is 2.71. The fraction of sp³-hybridized carbons (Fsp3) is 0.500. The minimum atomic E-state index is -0.699. The number of carbonyl (C=O) groups excluding carboxylic acids is 3. The van der Waals surface area contributed by atoms with E-state index in [-0.39, 0.29) is 54.4 Å². The van der Waals surface area contributed by atoms with Crippen LogP contribution in [0.1, 0.15) is 38.5 Å². The van der Waals surface area contributed by atoms with Gasteiger partial charge in [0.05, 0.1) is 5.92 Å². The number of hydrogen-bond donors (Lipinski definition) is 1. The van der Waals surface area contributed by atoms with E-state index in [1.54, 1.807) is 24.3 Å². The fourth-order valence-electron chi connectivity index (χ4n) is 2.58. The Morgan fingerprint density at radius 2 is 1.74 bits per heavy atom. The molecule has 0 atom stereocenters. The van der Waals surface area contributed by atoms with E-state index in [1.165, 1.54) is 0 Å². The van der Waals surface area contributed by atoms with Gasteiger partial charge in [0.2, 0.25) is 6.79 Å². The molecular formula is C18H23ClNNaO6. The molecule has 0 aliphatic heterocycles. The summed E-state index contributed by atoms with van der Waals surface area (Å²) in [6.45, 7) is -0.162. The van der Waals surface area contributed by atoms with E-state index < -0.39 is 18.9 Å². The van der Waals surface area contributed by atoms with Gasteiger partial charge in [0.15, 0.2) is 0 Å². The first-order valence-corrected chi connectivity index (χ1v) is 8.96. The third kappa shape index (κ3) is 9.46. The summed E-state index contributed by atoms with van der Waals surface area (Å²) in [4.78, 5) is 34.8. The van der Waals surface area contributed by atoms with Crippen LogP contribution in [0.3, 0.4) is 0 Å². The maximum atomic E-state index is 11.7. The van der Waals surface area contributed by atoms with E-state index in [0.29, 0.717) is 17.2 Å². The Balaban J connectivity index is 0.00000364. The molecule has 0 aromatic heterocycles. The molecule has 1 saturated carbocycles. The quantitative estimate of drug-likeness (QED) is 0.234. The molecule has 27 heavy (non-hydrogen) atoms. The van der Waals surface area contributed by atoms with Gasteiger partial charge in [-0.15, -0.1) is 0 Å². The Labute approximate surface area is 185 Å². The predicted octanol–water partition coefficient (Wildman–Crippen LogP) is 2.79. The molecule has 9 heteroatoms. The Hall–Kier alpha value is -1.28. The van der Waals surface area contributed by atoms with Gasteiger partial charge >= 0.3 is 47.6 Å². The summed E-state index contributed by atoms with van der Waals surface area (Å²) in [6, 6.07) is 6.45. The molecule has 7 nitrogen and oxygen atoms in total. The van der Waals surface area contributed by atoms with Crippen molar-refractivity contribution >= 4 is 59.2 Å². The number of amides is 1. The van der Waals surface area contributed by atoms with Crippen molar-refractivity contribution in [2.24, 2.45) is 5.92 Å². The van der Waals surface area contributed by atoms with Gasteiger partial charge in [-0.1, -0.05) is 24.4 Å². The Morgan fingerprint density at radius 1 is 1.07 bits per heavy atom. The van der Waals surface area contributed by atoms with Crippen LogP contribution in [0, 0.1) is 5.92 Å². The van der Waals surface area contributed by atoms with Crippen molar-refractivity contribution in [2.75, 3.05) is 13.3 Å². The van der Waals surface area contributed by atoms with Crippen LogP contribution in [0.2, 0.25) is 5.02 Å². The van der Waals surface area contributed by atoms with E-state index >= 15 is 0 Å². The summed E-state index contributed by atoms with van der Waals surface area (Å²) in [5, 5.41) is 3.03.